The fourth-order valence-electron chi connectivity index (χ4n) is 3.37. The van der Waals surface area contributed by atoms with Crippen molar-refractivity contribution in [3.8, 4) is 0 Å². The lowest BCUT2D eigenvalue weighted by Gasteiger charge is -2.21. The molecule has 0 saturated carbocycles. The highest BCUT2D eigenvalue weighted by Gasteiger charge is 2.44. The van der Waals surface area contributed by atoms with E-state index in [1.165, 1.54) is 75.6 Å². The van der Waals surface area contributed by atoms with Crippen LogP contribution in [0.5, 0.6) is 0 Å². The predicted octanol–water partition coefficient (Wildman–Crippen LogP) is 7.47. The number of carbonyl (C=O) groups excluding carboxylic acids is 2. The Morgan fingerprint density at radius 3 is 1.81 bits per heavy atom. The molecule has 0 aromatic heterocycles. The molecule has 0 aliphatic carbocycles. The van der Waals surface area contributed by atoms with Crippen molar-refractivity contribution in [2.75, 3.05) is 6.61 Å². The van der Waals surface area contributed by atoms with Gasteiger partial charge in [-0.05, 0) is 6.42 Å². The molecule has 0 amide bonds. The molecular formula is C25H37F3O4. The summed E-state index contributed by atoms with van der Waals surface area (Å²) in [6.07, 6.45) is 5.21. The third-order valence-corrected chi connectivity index (χ3v) is 5.19. The molecule has 7 heteroatoms. The van der Waals surface area contributed by atoms with E-state index >= 15 is 0 Å². The van der Waals surface area contributed by atoms with Gasteiger partial charge in [0, 0.05) is 5.56 Å². The van der Waals surface area contributed by atoms with Crippen molar-refractivity contribution in [2.45, 2.75) is 103 Å². The Bertz CT molecular complexity index is 632. The molecule has 0 fully saturated rings. The van der Waals surface area contributed by atoms with Crippen molar-refractivity contribution in [3.05, 3.63) is 35.9 Å². The lowest BCUT2D eigenvalue weighted by molar-refractivity contribution is -0.224. The standard InChI is InChI=1S/C25H37F3O4/c1-2-3-4-5-6-7-8-9-10-11-15-20-31-22(29)18-19-23(30)32-24(25(26,27)28)21-16-13-12-14-17-21/h12-14,16-17,24H,2-11,15,18-20H2,1H3. The van der Waals surface area contributed by atoms with Gasteiger partial charge in [-0.15, -0.1) is 0 Å². The van der Waals surface area contributed by atoms with Gasteiger partial charge in [-0.2, -0.15) is 13.2 Å². The van der Waals surface area contributed by atoms with Gasteiger partial charge >= 0.3 is 18.1 Å². The van der Waals surface area contributed by atoms with Crippen LogP contribution in [0.2, 0.25) is 0 Å². The van der Waals surface area contributed by atoms with Gasteiger partial charge in [-0.1, -0.05) is 101 Å². The number of unbranched alkanes of at least 4 members (excludes halogenated alkanes) is 10. The number of rotatable bonds is 17. The number of benzene rings is 1. The molecule has 0 radical (unpaired) electrons. The summed E-state index contributed by atoms with van der Waals surface area (Å²) in [6.45, 7) is 2.48. The number of hydrogen-bond acceptors (Lipinski definition) is 4. The fraction of sp³-hybridized carbons (Fsp3) is 0.680. The van der Waals surface area contributed by atoms with E-state index in [1.54, 1.807) is 6.07 Å². The minimum Gasteiger partial charge on any atom is -0.466 e. The molecule has 1 rings (SSSR count). The summed E-state index contributed by atoms with van der Waals surface area (Å²) in [5.74, 6) is -1.68. The predicted molar refractivity (Wildman–Crippen MR) is 118 cm³/mol. The van der Waals surface area contributed by atoms with Crippen LogP contribution in [0.1, 0.15) is 102 Å². The van der Waals surface area contributed by atoms with Crippen molar-refractivity contribution >= 4 is 11.9 Å². The summed E-state index contributed by atoms with van der Waals surface area (Å²) in [5.41, 5.74) is -0.160. The Labute approximate surface area is 189 Å². The molecule has 0 aliphatic rings. The van der Waals surface area contributed by atoms with Gasteiger partial charge in [0.05, 0.1) is 19.4 Å². The zero-order chi connectivity index (χ0) is 23.7. The molecular weight excluding hydrogens is 421 g/mol. The van der Waals surface area contributed by atoms with Crippen LogP contribution in [0.4, 0.5) is 13.2 Å². The van der Waals surface area contributed by atoms with Gasteiger partial charge in [0.2, 0.25) is 6.10 Å². The van der Waals surface area contributed by atoms with E-state index in [1.807, 2.05) is 0 Å². The van der Waals surface area contributed by atoms with Crippen molar-refractivity contribution < 1.29 is 32.2 Å². The SMILES string of the molecule is CCCCCCCCCCCCCOC(=O)CCC(=O)OC(c1ccccc1)C(F)(F)F. The highest BCUT2D eigenvalue weighted by Crippen LogP contribution is 2.36. The minimum atomic E-state index is -4.73. The molecule has 1 unspecified atom stereocenters. The van der Waals surface area contributed by atoms with Gasteiger partial charge in [-0.3, -0.25) is 9.59 Å². The topological polar surface area (TPSA) is 52.6 Å². The highest BCUT2D eigenvalue weighted by atomic mass is 19.4. The molecule has 0 bridgehead atoms. The molecule has 182 valence electrons. The third kappa shape index (κ3) is 13.4. The monoisotopic (exact) mass is 458 g/mol. The van der Waals surface area contributed by atoms with Crippen LogP contribution in [0.25, 0.3) is 0 Å². The molecule has 32 heavy (non-hydrogen) atoms. The molecule has 0 heterocycles. The van der Waals surface area contributed by atoms with Crippen molar-refractivity contribution in [1.82, 2.24) is 0 Å². The fourth-order valence-corrected chi connectivity index (χ4v) is 3.37. The number of esters is 2. The first-order chi connectivity index (χ1) is 15.3. The summed E-state index contributed by atoms with van der Waals surface area (Å²) >= 11 is 0. The van der Waals surface area contributed by atoms with Crippen LogP contribution >= 0.6 is 0 Å². The van der Waals surface area contributed by atoms with Crippen molar-refractivity contribution in [3.63, 3.8) is 0 Å². The smallest absolute Gasteiger partial charge is 0.429 e. The number of carbonyl (C=O) groups is 2. The molecule has 0 spiro atoms. The van der Waals surface area contributed by atoms with Gasteiger partial charge in [-0.25, -0.2) is 0 Å². The minimum absolute atomic E-state index is 0.160. The first-order valence-corrected chi connectivity index (χ1v) is 11.8. The molecule has 1 aromatic rings. The maximum Gasteiger partial charge on any atom is 0.429 e. The summed E-state index contributed by atoms with van der Waals surface area (Å²) < 4.78 is 49.2. The average Bonchev–Trinajstić information content (AvgIpc) is 2.76. The van der Waals surface area contributed by atoms with Gasteiger partial charge in [0.1, 0.15) is 0 Å². The summed E-state index contributed by atoms with van der Waals surface area (Å²) in [4.78, 5) is 23.6. The van der Waals surface area contributed by atoms with Crippen LogP contribution in [0, 0.1) is 0 Å². The van der Waals surface area contributed by atoms with Crippen LogP contribution in [0.3, 0.4) is 0 Å². The lowest BCUT2D eigenvalue weighted by Crippen LogP contribution is -2.26. The van der Waals surface area contributed by atoms with Crippen LogP contribution in [-0.2, 0) is 19.1 Å². The van der Waals surface area contributed by atoms with E-state index in [-0.39, 0.29) is 18.6 Å². The largest absolute Gasteiger partial charge is 0.466 e. The zero-order valence-electron chi connectivity index (χ0n) is 19.1. The van der Waals surface area contributed by atoms with E-state index < -0.39 is 30.6 Å². The van der Waals surface area contributed by atoms with Crippen molar-refractivity contribution in [2.24, 2.45) is 0 Å². The second-order valence-corrected chi connectivity index (χ2v) is 8.08. The van der Waals surface area contributed by atoms with E-state index in [0.29, 0.717) is 0 Å². The van der Waals surface area contributed by atoms with E-state index in [0.717, 1.165) is 19.3 Å². The maximum atomic E-state index is 13.2. The summed E-state index contributed by atoms with van der Waals surface area (Å²) in [6, 6.07) is 6.94. The Morgan fingerprint density at radius 1 is 0.781 bits per heavy atom. The van der Waals surface area contributed by atoms with Crippen LogP contribution < -0.4 is 0 Å². The van der Waals surface area contributed by atoms with Crippen LogP contribution in [0.15, 0.2) is 30.3 Å². The maximum absolute atomic E-state index is 13.2. The lowest BCUT2D eigenvalue weighted by atomic mass is 10.1. The van der Waals surface area contributed by atoms with Gasteiger partial charge < -0.3 is 9.47 Å². The number of hydrogen-bond donors (Lipinski definition) is 0. The Kier molecular flexibility index (Phi) is 14.5. The third-order valence-electron chi connectivity index (χ3n) is 5.19. The molecule has 0 N–H and O–H groups in total. The number of halogens is 3. The van der Waals surface area contributed by atoms with E-state index in [4.69, 9.17) is 4.74 Å². The van der Waals surface area contributed by atoms with Gasteiger partial charge in [0.25, 0.3) is 0 Å². The second kappa shape index (κ2) is 16.6. The molecule has 0 aliphatic heterocycles. The second-order valence-electron chi connectivity index (χ2n) is 8.08. The number of ether oxygens (including phenoxy) is 2. The normalized spacial score (nSPS) is 12.4. The zero-order valence-corrected chi connectivity index (χ0v) is 19.1. The molecule has 0 saturated heterocycles. The summed E-state index contributed by atoms with van der Waals surface area (Å²) in [7, 11) is 0. The highest BCUT2D eigenvalue weighted by molar-refractivity contribution is 5.77. The first-order valence-electron chi connectivity index (χ1n) is 11.8. The Morgan fingerprint density at radius 2 is 1.28 bits per heavy atom. The van der Waals surface area contributed by atoms with Gasteiger partial charge in [0.15, 0.2) is 0 Å². The number of alkyl halides is 3. The quantitative estimate of drug-likeness (QED) is 0.179. The first kappa shape index (κ1) is 28.0. The molecule has 1 aromatic carbocycles. The van der Waals surface area contributed by atoms with E-state index in [2.05, 4.69) is 11.7 Å². The summed E-state index contributed by atoms with van der Waals surface area (Å²) in [5, 5.41) is 0. The van der Waals surface area contributed by atoms with E-state index in [9.17, 15) is 22.8 Å². The Hall–Kier alpha value is -2.05. The van der Waals surface area contributed by atoms with Crippen molar-refractivity contribution in [1.29, 1.82) is 0 Å². The Balaban J connectivity index is 2.10. The molecule has 1 atom stereocenters. The van der Waals surface area contributed by atoms with Crippen LogP contribution in [-0.4, -0.2) is 24.7 Å². The molecule has 4 nitrogen and oxygen atoms in total. The average molecular weight is 459 g/mol.